The van der Waals surface area contributed by atoms with Gasteiger partial charge in [0.15, 0.2) is 18.1 Å². The number of allylic oxidation sites excluding steroid dienone is 1. The zero-order chi connectivity index (χ0) is 18.2. The average molecular weight is 339 g/mol. The minimum atomic E-state index is -0.201. The number of para-hydroxylation sites is 1. The van der Waals surface area contributed by atoms with Crippen molar-refractivity contribution in [3.63, 3.8) is 0 Å². The van der Waals surface area contributed by atoms with Crippen molar-refractivity contribution in [2.45, 2.75) is 26.7 Å². The van der Waals surface area contributed by atoms with Crippen LogP contribution in [0.2, 0.25) is 0 Å². The van der Waals surface area contributed by atoms with E-state index in [0.717, 1.165) is 16.8 Å². The Balaban J connectivity index is 2.03. The van der Waals surface area contributed by atoms with Crippen LogP contribution in [-0.2, 0) is 4.79 Å². The third kappa shape index (κ3) is 5.11. The van der Waals surface area contributed by atoms with Crippen LogP contribution < -0.4 is 14.8 Å². The standard InChI is InChI=1S/C21H25NO3/c1-5-8-16-11-12-19(20(13-16)24-4)25-14-21(23)22-18-10-7-6-9-17(18)15(2)3/h5-13,15H,14H2,1-4H3,(H,22,23)/b8-5+. The number of nitrogens with one attached hydrogen (secondary N) is 1. The van der Waals surface area contributed by atoms with Crippen LogP contribution in [0.25, 0.3) is 6.08 Å². The highest BCUT2D eigenvalue weighted by molar-refractivity contribution is 5.92. The number of benzene rings is 2. The Bertz CT molecular complexity index is 751. The fourth-order valence-electron chi connectivity index (χ4n) is 2.54. The summed E-state index contributed by atoms with van der Waals surface area (Å²) >= 11 is 0. The SMILES string of the molecule is C/C=C/c1ccc(OCC(=O)Nc2ccccc2C(C)C)c(OC)c1. The molecule has 0 radical (unpaired) electrons. The first-order valence-corrected chi connectivity index (χ1v) is 8.37. The molecule has 2 aromatic carbocycles. The summed E-state index contributed by atoms with van der Waals surface area (Å²) in [4.78, 5) is 12.2. The van der Waals surface area contributed by atoms with Gasteiger partial charge in [-0.2, -0.15) is 0 Å². The molecule has 25 heavy (non-hydrogen) atoms. The van der Waals surface area contributed by atoms with Crippen molar-refractivity contribution in [1.29, 1.82) is 0 Å². The molecule has 1 amide bonds. The molecule has 4 nitrogen and oxygen atoms in total. The predicted octanol–water partition coefficient (Wildman–Crippen LogP) is 4.87. The van der Waals surface area contributed by atoms with Crippen molar-refractivity contribution in [3.8, 4) is 11.5 Å². The molecule has 2 aromatic rings. The summed E-state index contributed by atoms with van der Waals surface area (Å²) in [7, 11) is 1.58. The summed E-state index contributed by atoms with van der Waals surface area (Å²) in [5.41, 5.74) is 2.94. The van der Waals surface area contributed by atoms with E-state index in [9.17, 15) is 4.79 Å². The molecule has 0 heterocycles. The van der Waals surface area contributed by atoms with Gasteiger partial charge in [-0.3, -0.25) is 4.79 Å². The molecule has 0 spiro atoms. The van der Waals surface area contributed by atoms with Gasteiger partial charge in [0, 0.05) is 5.69 Å². The highest BCUT2D eigenvalue weighted by Gasteiger charge is 2.11. The van der Waals surface area contributed by atoms with Crippen molar-refractivity contribution in [2.75, 3.05) is 19.0 Å². The van der Waals surface area contributed by atoms with Gasteiger partial charge in [-0.1, -0.05) is 50.3 Å². The Morgan fingerprint density at radius 1 is 1.16 bits per heavy atom. The Morgan fingerprint density at radius 3 is 2.60 bits per heavy atom. The Kier molecular flexibility index (Phi) is 6.63. The van der Waals surface area contributed by atoms with Crippen LogP contribution in [0, 0.1) is 0 Å². The van der Waals surface area contributed by atoms with Gasteiger partial charge in [0.25, 0.3) is 5.91 Å². The minimum Gasteiger partial charge on any atom is -0.493 e. The number of rotatable bonds is 7. The number of carbonyl (C=O) groups is 1. The lowest BCUT2D eigenvalue weighted by atomic mass is 10.0. The lowest BCUT2D eigenvalue weighted by Gasteiger charge is -2.15. The smallest absolute Gasteiger partial charge is 0.262 e. The zero-order valence-corrected chi connectivity index (χ0v) is 15.2. The molecule has 132 valence electrons. The first-order chi connectivity index (χ1) is 12.0. The summed E-state index contributed by atoms with van der Waals surface area (Å²) in [5, 5.41) is 2.92. The summed E-state index contributed by atoms with van der Waals surface area (Å²) in [6.45, 7) is 6.07. The van der Waals surface area contributed by atoms with Gasteiger partial charge in [0.2, 0.25) is 0 Å². The molecular formula is C21H25NO3. The number of hydrogen-bond acceptors (Lipinski definition) is 3. The summed E-state index contributed by atoms with van der Waals surface area (Å²) in [5.74, 6) is 1.28. The maximum atomic E-state index is 12.2. The largest absolute Gasteiger partial charge is 0.493 e. The number of methoxy groups -OCH3 is 1. The van der Waals surface area contributed by atoms with Gasteiger partial charge in [0.1, 0.15) is 0 Å². The molecule has 0 aliphatic carbocycles. The highest BCUT2D eigenvalue weighted by Crippen LogP contribution is 2.29. The molecule has 0 aromatic heterocycles. The first-order valence-electron chi connectivity index (χ1n) is 8.37. The highest BCUT2D eigenvalue weighted by atomic mass is 16.5. The molecule has 0 fully saturated rings. The van der Waals surface area contributed by atoms with E-state index in [4.69, 9.17) is 9.47 Å². The molecule has 0 saturated carbocycles. The molecule has 0 aliphatic heterocycles. The number of anilines is 1. The van der Waals surface area contributed by atoms with Crippen LogP contribution >= 0.6 is 0 Å². The molecule has 0 atom stereocenters. The topological polar surface area (TPSA) is 47.6 Å². The van der Waals surface area contributed by atoms with Crippen LogP contribution in [0.3, 0.4) is 0 Å². The summed E-state index contributed by atoms with van der Waals surface area (Å²) < 4.78 is 11.0. The number of ether oxygens (including phenoxy) is 2. The molecule has 0 saturated heterocycles. The first kappa shape index (κ1) is 18.6. The number of hydrogen-bond donors (Lipinski definition) is 1. The summed E-state index contributed by atoms with van der Waals surface area (Å²) in [6.07, 6.45) is 3.93. The van der Waals surface area contributed by atoms with E-state index in [1.165, 1.54) is 0 Å². The van der Waals surface area contributed by atoms with Crippen molar-refractivity contribution in [1.82, 2.24) is 0 Å². The van der Waals surface area contributed by atoms with Crippen molar-refractivity contribution in [3.05, 3.63) is 59.7 Å². The minimum absolute atomic E-state index is 0.0776. The van der Waals surface area contributed by atoms with Gasteiger partial charge in [-0.05, 0) is 42.2 Å². The summed E-state index contributed by atoms with van der Waals surface area (Å²) in [6, 6.07) is 13.4. The van der Waals surface area contributed by atoms with Gasteiger partial charge in [-0.25, -0.2) is 0 Å². The van der Waals surface area contributed by atoms with Crippen LogP contribution in [-0.4, -0.2) is 19.6 Å². The van der Waals surface area contributed by atoms with Gasteiger partial charge >= 0.3 is 0 Å². The third-order valence-electron chi connectivity index (χ3n) is 3.76. The maximum absolute atomic E-state index is 12.2. The van der Waals surface area contributed by atoms with E-state index < -0.39 is 0 Å². The van der Waals surface area contributed by atoms with Crippen molar-refractivity contribution < 1.29 is 14.3 Å². The van der Waals surface area contributed by atoms with Crippen molar-refractivity contribution in [2.24, 2.45) is 0 Å². The second-order valence-electron chi connectivity index (χ2n) is 5.99. The number of carbonyl (C=O) groups excluding carboxylic acids is 1. The van der Waals surface area contributed by atoms with Crippen LogP contribution in [0.15, 0.2) is 48.5 Å². The van der Waals surface area contributed by atoms with Crippen molar-refractivity contribution >= 4 is 17.7 Å². The van der Waals surface area contributed by atoms with Crippen LogP contribution in [0.4, 0.5) is 5.69 Å². The van der Waals surface area contributed by atoms with E-state index in [1.807, 2.05) is 61.5 Å². The molecule has 1 N–H and O–H groups in total. The molecule has 2 rings (SSSR count). The molecular weight excluding hydrogens is 314 g/mol. The number of amides is 1. The van der Waals surface area contributed by atoms with E-state index in [2.05, 4.69) is 19.2 Å². The Hall–Kier alpha value is -2.75. The van der Waals surface area contributed by atoms with E-state index in [0.29, 0.717) is 17.4 Å². The second-order valence-corrected chi connectivity index (χ2v) is 5.99. The van der Waals surface area contributed by atoms with E-state index in [1.54, 1.807) is 7.11 Å². The van der Waals surface area contributed by atoms with Gasteiger partial charge in [-0.15, -0.1) is 0 Å². The fraction of sp³-hybridized carbons (Fsp3) is 0.286. The predicted molar refractivity (Wildman–Crippen MR) is 102 cm³/mol. The van der Waals surface area contributed by atoms with Crippen LogP contribution in [0.1, 0.15) is 37.8 Å². The van der Waals surface area contributed by atoms with Crippen LogP contribution in [0.5, 0.6) is 11.5 Å². The van der Waals surface area contributed by atoms with E-state index >= 15 is 0 Å². The lowest BCUT2D eigenvalue weighted by Crippen LogP contribution is -2.21. The average Bonchev–Trinajstić information content (AvgIpc) is 2.61. The monoisotopic (exact) mass is 339 g/mol. The normalized spacial score (nSPS) is 10.9. The van der Waals surface area contributed by atoms with E-state index in [-0.39, 0.29) is 12.5 Å². The quantitative estimate of drug-likeness (QED) is 0.783. The zero-order valence-electron chi connectivity index (χ0n) is 15.2. The Labute approximate surface area is 149 Å². The maximum Gasteiger partial charge on any atom is 0.262 e. The van der Waals surface area contributed by atoms with Gasteiger partial charge in [0.05, 0.1) is 7.11 Å². The fourth-order valence-corrected chi connectivity index (χ4v) is 2.54. The lowest BCUT2D eigenvalue weighted by molar-refractivity contribution is -0.118. The van der Waals surface area contributed by atoms with Gasteiger partial charge < -0.3 is 14.8 Å². The Morgan fingerprint density at radius 2 is 1.92 bits per heavy atom. The molecule has 0 aliphatic rings. The molecule has 0 bridgehead atoms. The molecule has 4 heteroatoms. The second kappa shape index (κ2) is 8.92. The molecule has 0 unspecified atom stereocenters. The third-order valence-corrected chi connectivity index (χ3v) is 3.76.